The van der Waals surface area contributed by atoms with E-state index in [0.717, 1.165) is 0 Å². The number of carboxylic acid groups (broad SMARTS) is 1. The molecule has 7 heteroatoms. The molecule has 0 aliphatic carbocycles. The van der Waals surface area contributed by atoms with E-state index in [4.69, 9.17) is 5.11 Å². The Morgan fingerprint density at radius 1 is 1.48 bits per heavy atom. The lowest BCUT2D eigenvalue weighted by Gasteiger charge is -2.13. The SMILES string of the molecule is CC(C)c1cc(C(=O)O)cc(NCC2CCS(=O)(=O)C2)n1. The van der Waals surface area contributed by atoms with Gasteiger partial charge >= 0.3 is 5.97 Å². The van der Waals surface area contributed by atoms with Crippen molar-refractivity contribution in [1.82, 2.24) is 4.98 Å². The number of nitrogens with zero attached hydrogens (tertiary/aromatic N) is 1. The topological polar surface area (TPSA) is 96.4 Å². The summed E-state index contributed by atoms with van der Waals surface area (Å²) in [6, 6.07) is 3.05. The summed E-state index contributed by atoms with van der Waals surface area (Å²) in [6.07, 6.45) is 0.644. The number of aromatic carboxylic acids is 1. The van der Waals surface area contributed by atoms with Gasteiger partial charge in [0.15, 0.2) is 9.84 Å². The molecule has 1 aliphatic heterocycles. The molecule has 1 fully saturated rings. The molecule has 1 aromatic rings. The van der Waals surface area contributed by atoms with Crippen molar-refractivity contribution >= 4 is 21.6 Å². The van der Waals surface area contributed by atoms with Crippen LogP contribution < -0.4 is 5.32 Å². The van der Waals surface area contributed by atoms with Gasteiger partial charge in [-0.1, -0.05) is 13.8 Å². The van der Waals surface area contributed by atoms with Crippen LogP contribution in [0.4, 0.5) is 5.82 Å². The molecule has 1 saturated heterocycles. The van der Waals surface area contributed by atoms with Crippen LogP contribution in [0.25, 0.3) is 0 Å². The van der Waals surface area contributed by atoms with Crippen LogP contribution in [0.15, 0.2) is 12.1 Å². The Kier molecular flexibility index (Phi) is 4.51. The number of carbonyl (C=O) groups is 1. The van der Waals surface area contributed by atoms with E-state index >= 15 is 0 Å². The number of hydrogen-bond donors (Lipinski definition) is 2. The highest BCUT2D eigenvalue weighted by Gasteiger charge is 2.27. The van der Waals surface area contributed by atoms with Gasteiger partial charge < -0.3 is 10.4 Å². The third-order valence-electron chi connectivity index (χ3n) is 3.58. The molecule has 0 bridgehead atoms. The third kappa shape index (κ3) is 4.17. The van der Waals surface area contributed by atoms with Crippen molar-refractivity contribution in [2.45, 2.75) is 26.2 Å². The first-order valence-corrected chi connectivity index (χ1v) is 8.78. The zero-order valence-corrected chi connectivity index (χ0v) is 13.0. The minimum Gasteiger partial charge on any atom is -0.478 e. The first-order chi connectivity index (χ1) is 9.77. The minimum absolute atomic E-state index is 0.0628. The van der Waals surface area contributed by atoms with Gasteiger partial charge in [0.05, 0.1) is 17.1 Å². The van der Waals surface area contributed by atoms with Crippen LogP contribution >= 0.6 is 0 Å². The van der Waals surface area contributed by atoms with Crippen LogP contribution in [-0.2, 0) is 9.84 Å². The Labute approximate surface area is 124 Å². The van der Waals surface area contributed by atoms with E-state index in [1.807, 2.05) is 13.8 Å². The monoisotopic (exact) mass is 312 g/mol. The van der Waals surface area contributed by atoms with Crippen molar-refractivity contribution in [3.05, 3.63) is 23.4 Å². The highest BCUT2D eigenvalue weighted by atomic mass is 32.2. The number of sulfone groups is 1. The molecule has 2 heterocycles. The van der Waals surface area contributed by atoms with Gasteiger partial charge in [-0.2, -0.15) is 0 Å². The Hall–Kier alpha value is -1.63. The van der Waals surface area contributed by atoms with E-state index < -0.39 is 15.8 Å². The average molecular weight is 312 g/mol. The number of aromatic nitrogens is 1. The van der Waals surface area contributed by atoms with Gasteiger partial charge in [-0.05, 0) is 30.4 Å². The first-order valence-electron chi connectivity index (χ1n) is 6.96. The van der Waals surface area contributed by atoms with Crippen molar-refractivity contribution in [2.24, 2.45) is 5.92 Å². The van der Waals surface area contributed by atoms with Crippen molar-refractivity contribution in [1.29, 1.82) is 0 Å². The Balaban J connectivity index is 2.10. The molecule has 1 aliphatic rings. The van der Waals surface area contributed by atoms with Crippen molar-refractivity contribution < 1.29 is 18.3 Å². The predicted octanol–water partition coefficient (Wildman–Crippen LogP) is 1.75. The predicted molar refractivity (Wildman–Crippen MR) is 80.5 cm³/mol. The van der Waals surface area contributed by atoms with E-state index in [0.29, 0.717) is 24.5 Å². The molecule has 1 unspecified atom stereocenters. The molecule has 0 spiro atoms. The van der Waals surface area contributed by atoms with Crippen molar-refractivity contribution in [2.75, 3.05) is 23.4 Å². The van der Waals surface area contributed by atoms with E-state index in [2.05, 4.69) is 10.3 Å². The molecule has 116 valence electrons. The zero-order chi connectivity index (χ0) is 15.6. The van der Waals surface area contributed by atoms with Crippen LogP contribution in [0, 0.1) is 5.92 Å². The summed E-state index contributed by atoms with van der Waals surface area (Å²) in [4.78, 5) is 15.5. The maximum absolute atomic E-state index is 11.4. The third-order valence-corrected chi connectivity index (χ3v) is 5.42. The molecule has 2 N–H and O–H groups in total. The van der Waals surface area contributed by atoms with Gasteiger partial charge in [-0.15, -0.1) is 0 Å². The summed E-state index contributed by atoms with van der Waals surface area (Å²) in [7, 11) is -2.90. The average Bonchev–Trinajstić information content (AvgIpc) is 2.75. The fourth-order valence-electron chi connectivity index (χ4n) is 2.34. The number of nitrogens with one attached hydrogen (secondary N) is 1. The number of hydrogen-bond acceptors (Lipinski definition) is 5. The molecule has 1 aromatic heterocycles. The van der Waals surface area contributed by atoms with Gasteiger partial charge in [-0.3, -0.25) is 0 Å². The lowest BCUT2D eigenvalue weighted by molar-refractivity contribution is 0.0696. The molecule has 0 saturated carbocycles. The highest BCUT2D eigenvalue weighted by Crippen LogP contribution is 2.21. The lowest BCUT2D eigenvalue weighted by Crippen LogP contribution is -2.17. The van der Waals surface area contributed by atoms with Gasteiger partial charge in [0.1, 0.15) is 5.82 Å². The molecular formula is C14H20N2O4S. The summed E-state index contributed by atoms with van der Waals surface area (Å²) >= 11 is 0. The van der Waals surface area contributed by atoms with Crippen molar-refractivity contribution in [3.63, 3.8) is 0 Å². The number of pyridine rings is 1. The molecular weight excluding hydrogens is 292 g/mol. The number of rotatable bonds is 5. The number of carboxylic acids is 1. The van der Waals surface area contributed by atoms with E-state index in [1.165, 1.54) is 6.07 Å². The Morgan fingerprint density at radius 2 is 2.19 bits per heavy atom. The van der Waals surface area contributed by atoms with Crippen LogP contribution in [0.5, 0.6) is 0 Å². The molecule has 21 heavy (non-hydrogen) atoms. The van der Waals surface area contributed by atoms with Crippen molar-refractivity contribution in [3.8, 4) is 0 Å². The summed E-state index contributed by atoms with van der Waals surface area (Å²) < 4.78 is 22.8. The number of anilines is 1. The summed E-state index contributed by atoms with van der Waals surface area (Å²) in [5, 5.41) is 12.2. The molecule has 6 nitrogen and oxygen atoms in total. The second-order valence-corrected chi connectivity index (χ2v) is 8.00. The normalized spacial score (nSPS) is 20.6. The fourth-order valence-corrected chi connectivity index (χ4v) is 4.21. The largest absolute Gasteiger partial charge is 0.478 e. The molecule has 0 radical (unpaired) electrons. The Morgan fingerprint density at radius 3 is 2.71 bits per heavy atom. The van der Waals surface area contributed by atoms with E-state index in [-0.39, 0.29) is 28.9 Å². The standard InChI is InChI=1S/C14H20N2O4S/c1-9(2)12-5-11(14(17)18)6-13(16-12)15-7-10-3-4-21(19,20)8-10/h5-6,9-10H,3-4,7-8H2,1-2H3,(H,15,16)(H,17,18). The molecule has 0 aromatic carbocycles. The highest BCUT2D eigenvalue weighted by molar-refractivity contribution is 7.91. The smallest absolute Gasteiger partial charge is 0.335 e. The van der Waals surface area contributed by atoms with Gasteiger partial charge in [0, 0.05) is 12.2 Å². The summed E-state index contributed by atoms with van der Waals surface area (Å²) in [5.74, 6) is 0.104. The molecule has 0 amide bonds. The molecule has 2 rings (SSSR count). The van der Waals surface area contributed by atoms with Crippen LogP contribution in [-0.4, -0.2) is 42.5 Å². The quantitative estimate of drug-likeness (QED) is 0.860. The van der Waals surface area contributed by atoms with E-state index in [1.54, 1.807) is 6.07 Å². The van der Waals surface area contributed by atoms with Gasteiger partial charge in [0.25, 0.3) is 0 Å². The van der Waals surface area contributed by atoms with Gasteiger partial charge in [0.2, 0.25) is 0 Å². The van der Waals surface area contributed by atoms with Crippen LogP contribution in [0.2, 0.25) is 0 Å². The minimum atomic E-state index is -2.90. The summed E-state index contributed by atoms with van der Waals surface area (Å²) in [5.41, 5.74) is 0.895. The summed E-state index contributed by atoms with van der Waals surface area (Å²) in [6.45, 7) is 4.38. The Bertz CT molecular complexity index is 640. The van der Waals surface area contributed by atoms with Gasteiger partial charge in [-0.25, -0.2) is 18.2 Å². The maximum atomic E-state index is 11.4. The second-order valence-electron chi connectivity index (χ2n) is 5.78. The lowest BCUT2D eigenvalue weighted by atomic mass is 10.1. The van der Waals surface area contributed by atoms with E-state index in [9.17, 15) is 13.2 Å². The van der Waals surface area contributed by atoms with Crippen LogP contribution in [0.3, 0.4) is 0 Å². The fraction of sp³-hybridized carbons (Fsp3) is 0.571. The first kappa shape index (κ1) is 15.8. The maximum Gasteiger partial charge on any atom is 0.335 e. The molecule has 1 atom stereocenters. The second kappa shape index (κ2) is 6.01. The zero-order valence-electron chi connectivity index (χ0n) is 12.2. The van der Waals surface area contributed by atoms with Crippen LogP contribution in [0.1, 0.15) is 42.2 Å².